The Hall–Kier alpha value is -3.60. The maximum absolute atomic E-state index is 12.6. The SMILES string of the molecule is CC(C)(C)Nc1nc(Nc2cc(Cl)ccc2[N+](=O)[O-])cc(-c2cccc(OC(F)(F)F)c2)n1. The Morgan fingerprint density at radius 3 is 2.42 bits per heavy atom. The monoisotopic (exact) mass is 481 g/mol. The first-order valence-electron chi connectivity index (χ1n) is 9.53. The van der Waals surface area contributed by atoms with Gasteiger partial charge >= 0.3 is 6.36 Å². The van der Waals surface area contributed by atoms with Gasteiger partial charge in [0.2, 0.25) is 5.95 Å². The van der Waals surface area contributed by atoms with Gasteiger partial charge in [-0.25, -0.2) is 4.98 Å². The number of halogens is 4. The normalized spacial score (nSPS) is 11.7. The van der Waals surface area contributed by atoms with E-state index in [-0.39, 0.29) is 33.9 Å². The van der Waals surface area contributed by atoms with Gasteiger partial charge < -0.3 is 15.4 Å². The summed E-state index contributed by atoms with van der Waals surface area (Å²) >= 11 is 5.99. The molecule has 0 amide bonds. The standard InChI is InChI=1S/C21H19ClF3N5O3/c1-20(2,3)29-19-27-15(12-5-4-6-14(9-12)33-21(23,24)25)11-18(28-19)26-16-10-13(22)7-8-17(16)30(31)32/h4-11H,1-3H3,(H2,26,27,28,29). The second kappa shape index (κ2) is 9.10. The number of hydrogen-bond donors (Lipinski definition) is 2. The van der Waals surface area contributed by atoms with Crippen LogP contribution >= 0.6 is 11.6 Å². The molecule has 1 aromatic heterocycles. The van der Waals surface area contributed by atoms with Crippen LogP contribution in [-0.2, 0) is 0 Å². The number of nitro groups is 1. The molecule has 0 saturated carbocycles. The molecule has 0 unspecified atom stereocenters. The Labute approximate surface area is 191 Å². The minimum atomic E-state index is -4.85. The van der Waals surface area contributed by atoms with Crippen LogP contribution in [0.15, 0.2) is 48.5 Å². The second-order valence-electron chi connectivity index (χ2n) is 7.96. The van der Waals surface area contributed by atoms with Crippen LogP contribution in [0, 0.1) is 10.1 Å². The van der Waals surface area contributed by atoms with Crippen LogP contribution in [0.4, 0.5) is 36.3 Å². The van der Waals surface area contributed by atoms with E-state index >= 15 is 0 Å². The number of rotatable bonds is 6. The first-order valence-corrected chi connectivity index (χ1v) is 9.91. The Morgan fingerprint density at radius 2 is 1.79 bits per heavy atom. The molecule has 0 bridgehead atoms. The van der Waals surface area contributed by atoms with E-state index in [2.05, 4.69) is 25.3 Å². The molecule has 174 valence electrons. The fourth-order valence-electron chi connectivity index (χ4n) is 2.81. The maximum Gasteiger partial charge on any atom is 0.573 e. The smallest absolute Gasteiger partial charge is 0.406 e. The van der Waals surface area contributed by atoms with Gasteiger partial charge in [0.05, 0.1) is 10.6 Å². The van der Waals surface area contributed by atoms with Crippen LogP contribution in [0.1, 0.15) is 20.8 Å². The molecule has 0 radical (unpaired) electrons. The Balaban J connectivity index is 2.07. The van der Waals surface area contributed by atoms with E-state index in [1.807, 2.05) is 20.8 Å². The number of benzene rings is 2. The lowest BCUT2D eigenvalue weighted by Gasteiger charge is -2.21. The van der Waals surface area contributed by atoms with Gasteiger partial charge in [-0.3, -0.25) is 10.1 Å². The third-order valence-corrected chi connectivity index (χ3v) is 4.23. The Kier molecular flexibility index (Phi) is 6.63. The molecular weight excluding hydrogens is 463 g/mol. The minimum absolute atomic E-state index is 0.0908. The topological polar surface area (TPSA) is 102 Å². The van der Waals surface area contributed by atoms with Crippen molar-refractivity contribution in [2.45, 2.75) is 32.7 Å². The number of nitro benzene ring substituents is 1. The third-order valence-electron chi connectivity index (χ3n) is 3.99. The van der Waals surface area contributed by atoms with Crippen LogP contribution in [-0.4, -0.2) is 26.8 Å². The molecule has 0 spiro atoms. The summed E-state index contributed by atoms with van der Waals surface area (Å²) in [6.07, 6.45) is -4.85. The number of anilines is 3. The van der Waals surface area contributed by atoms with Crippen LogP contribution < -0.4 is 15.4 Å². The molecule has 2 aromatic carbocycles. The summed E-state index contributed by atoms with van der Waals surface area (Å²) in [5.41, 5.74) is -0.00563. The van der Waals surface area contributed by atoms with Gasteiger partial charge in [-0.2, -0.15) is 4.98 Å². The Bertz CT molecular complexity index is 1180. The fraction of sp³-hybridized carbons (Fsp3) is 0.238. The van der Waals surface area contributed by atoms with Gasteiger partial charge in [0.15, 0.2) is 0 Å². The first-order chi connectivity index (χ1) is 15.3. The van der Waals surface area contributed by atoms with Crippen molar-refractivity contribution in [3.05, 3.63) is 63.7 Å². The van der Waals surface area contributed by atoms with Gasteiger partial charge in [-0.15, -0.1) is 13.2 Å². The largest absolute Gasteiger partial charge is 0.573 e. The van der Waals surface area contributed by atoms with E-state index in [4.69, 9.17) is 11.6 Å². The maximum atomic E-state index is 12.6. The molecule has 0 aliphatic carbocycles. The summed E-state index contributed by atoms with van der Waals surface area (Å²) in [6.45, 7) is 5.61. The number of ether oxygens (including phenoxy) is 1. The van der Waals surface area contributed by atoms with E-state index in [1.54, 1.807) is 6.07 Å². The predicted octanol–water partition coefficient (Wildman–Crippen LogP) is 6.56. The molecule has 3 rings (SSSR count). The van der Waals surface area contributed by atoms with Crippen LogP contribution in [0.25, 0.3) is 11.3 Å². The lowest BCUT2D eigenvalue weighted by molar-refractivity contribution is -0.383. The highest BCUT2D eigenvalue weighted by molar-refractivity contribution is 6.31. The van der Waals surface area contributed by atoms with E-state index in [9.17, 15) is 23.3 Å². The Morgan fingerprint density at radius 1 is 1.06 bits per heavy atom. The molecule has 0 saturated heterocycles. The predicted molar refractivity (Wildman–Crippen MR) is 119 cm³/mol. The average Bonchev–Trinajstić information content (AvgIpc) is 2.65. The molecule has 0 aliphatic rings. The lowest BCUT2D eigenvalue weighted by Crippen LogP contribution is -2.27. The molecule has 0 atom stereocenters. The minimum Gasteiger partial charge on any atom is -0.406 e. The van der Waals surface area contributed by atoms with Crippen molar-refractivity contribution in [3.63, 3.8) is 0 Å². The number of aromatic nitrogens is 2. The summed E-state index contributed by atoms with van der Waals surface area (Å²) in [4.78, 5) is 19.5. The zero-order chi connectivity index (χ0) is 24.4. The van der Waals surface area contributed by atoms with Crippen molar-refractivity contribution in [2.24, 2.45) is 0 Å². The molecule has 2 N–H and O–H groups in total. The molecular formula is C21H19ClF3N5O3. The van der Waals surface area contributed by atoms with Gasteiger partial charge in [0, 0.05) is 28.3 Å². The molecule has 12 heteroatoms. The van der Waals surface area contributed by atoms with E-state index in [1.165, 1.54) is 42.5 Å². The number of alkyl halides is 3. The third kappa shape index (κ3) is 6.94. The number of nitrogens with zero attached hydrogens (tertiary/aromatic N) is 3. The highest BCUT2D eigenvalue weighted by Crippen LogP contribution is 2.33. The number of nitrogens with one attached hydrogen (secondary N) is 2. The van der Waals surface area contributed by atoms with E-state index < -0.39 is 22.6 Å². The van der Waals surface area contributed by atoms with Crippen molar-refractivity contribution in [2.75, 3.05) is 10.6 Å². The molecule has 8 nitrogen and oxygen atoms in total. The fourth-order valence-corrected chi connectivity index (χ4v) is 2.98. The van der Waals surface area contributed by atoms with E-state index in [0.717, 1.165) is 0 Å². The number of hydrogen-bond acceptors (Lipinski definition) is 7. The van der Waals surface area contributed by atoms with Crippen LogP contribution in [0.5, 0.6) is 5.75 Å². The molecule has 33 heavy (non-hydrogen) atoms. The molecule has 0 aliphatic heterocycles. The summed E-state index contributed by atoms with van der Waals surface area (Å²) < 4.78 is 41.9. The zero-order valence-corrected chi connectivity index (χ0v) is 18.5. The van der Waals surface area contributed by atoms with Crippen LogP contribution in [0.3, 0.4) is 0 Å². The van der Waals surface area contributed by atoms with Gasteiger partial charge in [-0.1, -0.05) is 23.7 Å². The highest BCUT2D eigenvalue weighted by Gasteiger charge is 2.31. The molecule has 0 fully saturated rings. The summed E-state index contributed by atoms with van der Waals surface area (Å²) in [7, 11) is 0. The van der Waals surface area contributed by atoms with Gasteiger partial charge in [0.25, 0.3) is 5.69 Å². The summed E-state index contributed by atoms with van der Waals surface area (Å²) in [5.74, 6) is -0.0856. The quantitative estimate of drug-likeness (QED) is 0.303. The van der Waals surface area contributed by atoms with E-state index in [0.29, 0.717) is 5.56 Å². The van der Waals surface area contributed by atoms with Gasteiger partial charge in [0.1, 0.15) is 17.3 Å². The molecule has 3 aromatic rings. The molecule has 1 heterocycles. The van der Waals surface area contributed by atoms with Crippen molar-refractivity contribution < 1.29 is 22.8 Å². The van der Waals surface area contributed by atoms with Crippen molar-refractivity contribution >= 4 is 34.7 Å². The summed E-state index contributed by atoms with van der Waals surface area (Å²) in [5, 5.41) is 17.6. The van der Waals surface area contributed by atoms with Gasteiger partial charge in [-0.05, 0) is 45.0 Å². The average molecular weight is 482 g/mol. The zero-order valence-electron chi connectivity index (χ0n) is 17.7. The van der Waals surface area contributed by atoms with Crippen molar-refractivity contribution in [1.29, 1.82) is 0 Å². The van der Waals surface area contributed by atoms with Crippen LogP contribution in [0.2, 0.25) is 5.02 Å². The van der Waals surface area contributed by atoms with Crippen molar-refractivity contribution in [3.8, 4) is 17.0 Å². The second-order valence-corrected chi connectivity index (χ2v) is 8.39. The highest BCUT2D eigenvalue weighted by atomic mass is 35.5. The lowest BCUT2D eigenvalue weighted by atomic mass is 10.1. The first kappa shape index (κ1) is 24.1. The summed E-state index contributed by atoms with van der Waals surface area (Å²) in [6, 6.07) is 10.8. The van der Waals surface area contributed by atoms with Crippen molar-refractivity contribution in [1.82, 2.24) is 9.97 Å².